The molecule has 1 aromatic heterocycles. The zero-order valence-electron chi connectivity index (χ0n) is 21.9. The molecule has 1 saturated carbocycles. The van der Waals surface area contributed by atoms with Gasteiger partial charge in [0.15, 0.2) is 5.13 Å². The Kier molecular flexibility index (Phi) is 7.06. The van der Waals surface area contributed by atoms with E-state index in [1.165, 1.54) is 0 Å². The Hall–Kier alpha value is -2.49. The van der Waals surface area contributed by atoms with Crippen LogP contribution >= 0.6 is 11.3 Å². The summed E-state index contributed by atoms with van der Waals surface area (Å²) in [6.45, 7) is 7.92. The number of para-hydroxylation sites is 1. The lowest BCUT2D eigenvalue weighted by Gasteiger charge is -2.58. The van der Waals surface area contributed by atoms with Crippen molar-refractivity contribution in [1.29, 1.82) is 0 Å². The van der Waals surface area contributed by atoms with E-state index in [0.29, 0.717) is 39.0 Å². The van der Waals surface area contributed by atoms with Crippen molar-refractivity contribution in [2.45, 2.75) is 58.5 Å². The standard InChI is InChI=1S/C28H38N4O4S/c1-18(34)31-11-13-32(14-12-31)24(36)15-20-25-21(37-26(30-25)29-19-7-5-4-6-8-19)16-22-27(20,2)10-9-23(35)28(22,3)17-33/h4-8,20,22-23,33,35H,9-17H2,1-3H3,(H,29,30). The molecule has 200 valence electrons. The second-order valence-electron chi connectivity index (χ2n) is 11.4. The summed E-state index contributed by atoms with van der Waals surface area (Å²) in [6, 6.07) is 9.94. The van der Waals surface area contributed by atoms with Crippen molar-refractivity contribution in [2.24, 2.45) is 16.7 Å². The van der Waals surface area contributed by atoms with Gasteiger partial charge in [0, 0.05) is 61.4 Å². The van der Waals surface area contributed by atoms with E-state index in [9.17, 15) is 19.8 Å². The Morgan fingerprint density at radius 1 is 1.14 bits per heavy atom. The number of amides is 2. The van der Waals surface area contributed by atoms with Crippen molar-refractivity contribution in [2.75, 3.05) is 38.1 Å². The third-order valence-corrected chi connectivity index (χ3v) is 10.4. The number of benzene rings is 1. The average Bonchev–Trinajstić information content (AvgIpc) is 3.30. The van der Waals surface area contributed by atoms with Gasteiger partial charge in [-0.1, -0.05) is 32.0 Å². The maximum absolute atomic E-state index is 13.6. The van der Waals surface area contributed by atoms with Gasteiger partial charge in [0.25, 0.3) is 0 Å². The molecule has 0 spiro atoms. The van der Waals surface area contributed by atoms with Crippen LogP contribution in [-0.4, -0.2) is 75.7 Å². The highest BCUT2D eigenvalue weighted by molar-refractivity contribution is 7.15. The van der Waals surface area contributed by atoms with Gasteiger partial charge < -0.3 is 25.3 Å². The Morgan fingerprint density at radius 3 is 2.46 bits per heavy atom. The fourth-order valence-electron chi connectivity index (χ4n) is 6.92. The van der Waals surface area contributed by atoms with E-state index in [1.807, 2.05) is 42.2 Å². The summed E-state index contributed by atoms with van der Waals surface area (Å²) in [5, 5.41) is 25.7. The summed E-state index contributed by atoms with van der Waals surface area (Å²) in [5.41, 5.74) is 1.02. The minimum atomic E-state index is -0.643. The van der Waals surface area contributed by atoms with Gasteiger partial charge in [-0.15, -0.1) is 11.3 Å². The molecular formula is C28H38N4O4S. The number of carbonyl (C=O) groups excluding carboxylic acids is 2. The summed E-state index contributed by atoms with van der Waals surface area (Å²) < 4.78 is 0. The van der Waals surface area contributed by atoms with Crippen LogP contribution in [0.5, 0.6) is 0 Å². The molecule has 2 heterocycles. The van der Waals surface area contributed by atoms with E-state index >= 15 is 0 Å². The first-order valence-corrected chi connectivity index (χ1v) is 14.1. The van der Waals surface area contributed by atoms with Crippen molar-refractivity contribution >= 4 is 34.0 Å². The van der Waals surface area contributed by atoms with Gasteiger partial charge in [-0.2, -0.15) is 0 Å². The molecule has 2 aliphatic carbocycles. The lowest BCUT2D eigenvalue weighted by molar-refractivity contribution is -0.149. The van der Waals surface area contributed by atoms with E-state index in [2.05, 4.69) is 12.2 Å². The normalized spacial score (nSPS) is 31.4. The molecule has 0 bridgehead atoms. The van der Waals surface area contributed by atoms with Crippen molar-refractivity contribution < 1.29 is 19.8 Å². The van der Waals surface area contributed by atoms with Crippen molar-refractivity contribution in [3.05, 3.63) is 40.9 Å². The van der Waals surface area contributed by atoms with E-state index < -0.39 is 11.5 Å². The summed E-state index contributed by atoms with van der Waals surface area (Å²) >= 11 is 1.61. The maximum Gasteiger partial charge on any atom is 0.223 e. The molecule has 1 saturated heterocycles. The number of rotatable bonds is 5. The first kappa shape index (κ1) is 26.1. The molecule has 37 heavy (non-hydrogen) atoms. The minimum Gasteiger partial charge on any atom is -0.396 e. The molecule has 5 rings (SSSR count). The van der Waals surface area contributed by atoms with Gasteiger partial charge >= 0.3 is 0 Å². The molecule has 5 atom stereocenters. The quantitative estimate of drug-likeness (QED) is 0.552. The van der Waals surface area contributed by atoms with Crippen LogP contribution in [0.4, 0.5) is 10.8 Å². The van der Waals surface area contributed by atoms with Crippen LogP contribution < -0.4 is 5.32 Å². The van der Waals surface area contributed by atoms with Crippen molar-refractivity contribution in [3.63, 3.8) is 0 Å². The highest BCUT2D eigenvalue weighted by atomic mass is 32.1. The van der Waals surface area contributed by atoms with Crippen LogP contribution in [0.15, 0.2) is 30.3 Å². The van der Waals surface area contributed by atoms with E-state index in [1.54, 1.807) is 23.2 Å². The van der Waals surface area contributed by atoms with Gasteiger partial charge in [-0.05, 0) is 42.7 Å². The topological polar surface area (TPSA) is 106 Å². The van der Waals surface area contributed by atoms with Gasteiger partial charge in [-0.25, -0.2) is 4.98 Å². The predicted molar refractivity (Wildman–Crippen MR) is 144 cm³/mol. The van der Waals surface area contributed by atoms with Gasteiger partial charge in [0.1, 0.15) is 0 Å². The molecule has 3 aliphatic rings. The van der Waals surface area contributed by atoms with Crippen LogP contribution in [0.25, 0.3) is 0 Å². The average molecular weight is 527 g/mol. The number of carbonyl (C=O) groups is 2. The van der Waals surface area contributed by atoms with Gasteiger partial charge in [0.2, 0.25) is 11.8 Å². The number of aliphatic hydroxyl groups is 2. The molecule has 5 unspecified atom stereocenters. The Morgan fingerprint density at radius 2 is 1.81 bits per heavy atom. The second-order valence-corrected chi connectivity index (χ2v) is 12.5. The first-order valence-electron chi connectivity index (χ1n) is 13.3. The third kappa shape index (κ3) is 4.66. The summed E-state index contributed by atoms with van der Waals surface area (Å²) in [7, 11) is 0. The smallest absolute Gasteiger partial charge is 0.223 e. The van der Waals surface area contributed by atoms with Crippen LogP contribution in [0.3, 0.4) is 0 Å². The second kappa shape index (κ2) is 10.0. The van der Waals surface area contributed by atoms with Gasteiger partial charge in [0.05, 0.1) is 18.4 Å². The van der Waals surface area contributed by atoms with Crippen molar-refractivity contribution in [3.8, 4) is 0 Å². The number of hydrogen-bond donors (Lipinski definition) is 3. The third-order valence-electron chi connectivity index (χ3n) is 9.38. The molecule has 2 fully saturated rings. The number of nitrogens with one attached hydrogen (secondary N) is 1. The van der Waals surface area contributed by atoms with Gasteiger partial charge in [-0.3, -0.25) is 9.59 Å². The first-order chi connectivity index (χ1) is 17.7. The van der Waals surface area contributed by atoms with Crippen LogP contribution in [-0.2, 0) is 16.0 Å². The molecule has 9 heteroatoms. The number of anilines is 2. The maximum atomic E-state index is 13.6. The number of aliphatic hydroxyl groups excluding tert-OH is 2. The molecule has 3 N–H and O–H groups in total. The molecule has 1 aliphatic heterocycles. The predicted octanol–water partition coefficient (Wildman–Crippen LogP) is 3.38. The summed E-state index contributed by atoms with van der Waals surface area (Å²) in [4.78, 5) is 35.2. The molecule has 2 aromatic rings. The number of aromatic nitrogens is 1. The minimum absolute atomic E-state index is 0.0265. The molecule has 0 radical (unpaired) electrons. The number of piperazine rings is 1. The number of nitrogens with zero attached hydrogens (tertiary/aromatic N) is 3. The summed E-state index contributed by atoms with van der Waals surface area (Å²) in [5.74, 6) is 0.0481. The molecule has 1 aromatic carbocycles. The Balaban J connectivity index is 1.47. The van der Waals surface area contributed by atoms with Crippen LogP contribution in [0.2, 0.25) is 0 Å². The number of thiazole rings is 1. The highest BCUT2D eigenvalue weighted by Gasteiger charge is 2.59. The van der Waals surface area contributed by atoms with Crippen LogP contribution in [0.1, 0.15) is 56.5 Å². The lowest BCUT2D eigenvalue weighted by atomic mass is 9.47. The lowest BCUT2D eigenvalue weighted by Crippen LogP contribution is -2.58. The number of fused-ring (bicyclic) bond motifs is 2. The molecule has 2 amide bonds. The Bertz CT molecular complexity index is 1150. The molecule has 8 nitrogen and oxygen atoms in total. The monoisotopic (exact) mass is 526 g/mol. The highest BCUT2D eigenvalue weighted by Crippen LogP contribution is 2.63. The number of hydrogen-bond acceptors (Lipinski definition) is 7. The SMILES string of the molecule is CC(=O)N1CCN(C(=O)CC2c3nc(Nc4ccccc4)sc3CC3C(C)(CO)C(O)CCC23C)CC1. The Labute approximate surface area is 222 Å². The molecular weight excluding hydrogens is 488 g/mol. The zero-order chi connectivity index (χ0) is 26.4. The fourth-order valence-corrected chi connectivity index (χ4v) is 8.01. The van der Waals surface area contributed by atoms with E-state index in [4.69, 9.17) is 4.98 Å². The van der Waals surface area contributed by atoms with Crippen LogP contribution in [0, 0.1) is 16.7 Å². The summed E-state index contributed by atoms with van der Waals surface area (Å²) in [6.07, 6.45) is 1.87. The largest absolute Gasteiger partial charge is 0.396 e. The van der Waals surface area contributed by atoms with E-state index in [0.717, 1.165) is 34.2 Å². The fraction of sp³-hybridized carbons (Fsp3) is 0.607. The van der Waals surface area contributed by atoms with E-state index in [-0.39, 0.29) is 35.7 Å². The van der Waals surface area contributed by atoms with Crippen molar-refractivity contribution in [1.82, 2.24) is 14.8 Å². The zero-order valence-corrected chi connectivity index (χ0v) is 22.8.